The molecule has 0 saturated heterocycles. The van der Waals surface area contributed by atoms with Crippen molar-refractivity contribution in [3.63, 3.8) is 0 Å². The van der Waals surface area contributed by atoms with Crippen molar-refractivity contribution in [2.75, 3.05) is 0 Å². The first kappa shape index (κ1) is 13.5. The summed E-state index contributed by atoms with van der Waals surface area (Å²) in [6.45, 7) is 0. The maximum absolute atomic E-state index is 13.3. The molecule has 0 radical (unpaired) electrons. The second-order valence-corrected chi connectivity index (χ2v) is 5.45. The molecule has 0 bridgehead atoms. The van der Waals surface area contributed by atoms with Crippen molar-refractivity contribution >= 4 is 27.8 Å². The number of aromatic nitrogens is 3. The highest BCUT2D eigenvalue weighted by Gasteiger charge is 2.10. The number of aromatic amines is 2. The van der Waals surface area contributed by atoms with Crippen LogP contribution in [0.2, 0.25) is 0 Å². The maximum Gasteiger partial charge on any atom is 0.225 e. The van der Waals surface area contributed by atoms with Crippen molar-refractivity contribution in [1.82, 2.24) is 15.0 Å². The zero-order valence-corrected chi connectivity index (χ0v) is 12.1. The molecule has 114 valence electrons. The third kappa shape index (κ3) is 2.34. The number of hydrogen-bond acceptors (Lipinski definition) is 2. The Balaban J connectivity index is 1.82. The minimum absolute atomic E-state index is 0.0797. The Morgan fingerprint density at radius 1 is 1.17 bits per heavy atom. The number of benzene rings is 2. The van der Waals surface area contributed by atoms with Crippen molar-refractivity contribution in [1.29, 1.82) is 0 Å². The standard InChI is InChI=1S/C17H13FN4O/c18-10-2-3-11-12(8-20-14(11)6-10)9-1-4-13-15(5-9)22-17(21-13)7-16(19)23/h1-6,8,20H,7H2,(H2,19,23)(H,21,22). The van der Waals surface area contributed by atoms with Gasteiger partial charge in [0.05, 0.1) is 17.5 Å². The van der Waals surface area contributed by atoms with Crippen LogP contribution in [0, 0.1) is 5.82 Å². The number of rotatable bonds is 3. The molecule has 0 aliphatic rings. The van der Waals surface area contributed by atoms with Gasteiger partial charge in [-0.1, -0.05) is 6.07 Å². The minimum atomic E-state index is -0.428. The van der Waals surface area contributed by atoms with E-state index in [1.807, 2.05) is 24.4 Å². The molecule has 0 atom stereocenters. The molecule has 0 fully saturated rings. The molecule has 1 amide bonds. The summed E-state index contributed by atoms with van der Waals surface area (Å²) >= 11 is 0. The van der Waals surface area contributed by atoms with Crippen LogP contribution in [0.1, 0.15) is 5.82 Å². The number of fused-ring (bicyclic) bond motifs is 2. The van der Waals surface area contributed by atoms with Gasteiger partial charge in [0.2, 0.25) is 5.91 Å². The number of H-pyrrole nitrogens is 2. The highest BCUT2D eigenvalue weighted by atomic mass is 19.1. The normalized spacial score (nSPS) is 11.3. The maximum atomic E-state index is 13.3. The number of carbonyl (C=O) groups is 1. The van der Waals surface area contributed by atoms with Gasteiger partial charge in [-0.2, -0.15) is 0 Å². The SMILES string of the molecule is NC(=O)Cc1nc2ccc(-c3c[nH]c4cc(F)ccc34)cc2[nH]1. The molecule has 0 aliphatic heterocycles. The van der Waals surface area contributed by atoms with Crippen LogP contribution in [-0.4, -0.2) is 20.9 Å². The number of primary amides is 1. The quantitative estimate of drug-likeness (QED) is 0.543. The van der Waals surface area contributed by atoms with Crippen LogP contribution in [0.3, 0.4) is 0 Å². The third-order valence-electron chi connectivity index (χ3n) is 3.83. The van der Waals surface area contributed by atoms with Crippen LogP contribution in [0.4, 0.5) is 4.39 Å². The third-order valence-corrected chi connectivity index (χ3v) is 3.83. The fourth-order valence-electron chi connectivity index (χ4n) is 2.82. The van der Waals surface area contributed by atoms with E-state index in [1.54, 1.807) is 6.07 Å². The predicted octanol–water partition coefficient (Wildman–Crippen LogP) is 2.88. The molecule has 0 aliphatic carbocycles. The Kier molecular flexibility index (Phi) is 2.90. The van der Waals surface area contributed by atoms with Gasteiger partial charge in [-0.15, -0.1) is 0 Å². The van der Waals surface area contributed by atoms with E-state index in [2.05, 4.69) is 15.0 Å². The van der Waals surface area contributed by atoms with Crippen molar-refractivity contribution in [2.24, 2.45) is 5.73 Å². The molecule has 4 N–H and O–H groups in total. The number of amides is 1. The Hall–Kier alpha value is -3.15. The van der Waals surface area contributed by atoms with Gasteiger partial charge < -0.3 is 15.7 Å². The monoisotopic (exact) mass is 308 g/mol. The van der Waals surface area contributed by atoms with E-state index in [9.17, 15) is 9.18 Å². The van der Waals surface area contributed by atoms with E-state index >= 15 is 0 Å². The molecule has 2 aromatic heterocycles. The molecular formula is C17H13FN4O. The molecule has 4 rings (SSSR count). The number of nitrogens with two attached hydrogens (primary N) is 1. The topological polar surface area (TPSA) is 87.6 Å². The van der Waals surface area contributed by atoms with Crippen LogP contribution in [0.25, 0.3) is 33.1 Å². The number of carbonyl (C=O) groups excluding carboxylic acids is 1. The number of imidazole rings is 1. The van der Waals surface area contributed by atoms with E-state index in [0.717, 1.165) is 33.1 Å². The minimum Gasteiger partial charge on any atom is -0.369 e. The van der Waals surface area contributed by atoms with Gasteiger partial charge >= 0.3 is 0 Å². The predicted molar refractivity (Wildman–Crippen MR) is 86.2 cm³/mol. The van der Waals surface area contributed by atoms with Gasteiger partial charge in [0.15, 0.2) is 0 Å². The first-order chi connectivity index (χ1) is 11.1. The Bertz CT molecular complexity index is 1050. The summed E-state index contributed by atoms with van der Waals surface area (Å²) in [5, 5.41) is 0.947. The zero-order valence-electron chi connectivity index (χ0n) is 12.1. The van der Waals surface area contributed by atoms with E-state index in [4.69, 9.17) is 5.73 Å². The van der Waals surface area contributed by atoms with Crippen LogP contribution in [0.15, 0.2) is 42.6 Å². The first-order valence-corrected chi connectivity index (χ1v) is 7.14. The summed E-state index contributed by atoms with van der Waals surface area (Å²) in [5.74, 6) is -0.153. The number of hydrogen-bond donors (Lipinski definition) is 3. The highest BCUT2D eigenvalue weighted by molar-refractivity contribution is 5.97. The first-order valence-electron chi connectivity index (χ1n) is 7.14. The Morgan fingerprint density at radius 3 is 2.87 bits per heavy atom. The van der Waals surface area contributed by atoms with Crippen molar-refractivity contribution < 1.29 is 9.18 Å². The lowest BCUT2D eigenvalue weighted by Gasteiger charge is -2.00. The Labute approximate surface area is 130 Å². The average Bonchev–Trinajstić information content (AvgIpc) is 3.08. The summed E-state index contributed by atoms with van der Waals surface area (Å²) in [5.41, 5.74) is 9.50. The number of nitrogens with one attached hydrogen (secondary N) is 2. The summed E-state index contributed by atoms with van der Waals surface area (Å²) in [4.78, 5) is 21.5. The van der Waals surface area contributed by atoms with Crippen LogP contribution in [0.5, 0.6) is 0 Å². The fraction of sp³-hybridized carbons (Fsp3) is 0.0588. The molecule has 0 saturated carbocycles. The van der Waals surface area contributed by atoms with Gasteiger partial charge in [0.25, 0.3) is 0 Å². The van der Waals surface area contributed by atoms with Gasteiger partial charge in [-0.05, 0) is 35.9 Å². The fourth-order valence-corrected chi connectivity index (χ4v) is 2.82. The van der Waals surface area contributed by atoms with Gasteiger partial charge in [-0.25, -0.2) is 9.37 Å². The Morgan fingerprint density at radius 2 is 2.04 bits per heavy atom. The summed E-state index contributed by atoms with van der Waals surface area (Å²) in [7, 11) is 0. The number of nitrogens with zero attached hydrogens (tertiary/aromatic N) is 1. The molecule has 5 nitrogen and oxygen atoms in total. The summed E-state index contributed by atoms with van der Waals surface area (Å²) < 4.78 is 13.3. The van der Waals surface area contributed by atoms with Gasteiger partial charge in [0.1, 0.15) is 11.6 Å². The lowest BCUT2D eigenvalue weighted by Crippen LogP contribution is -2.14. The molecule has 2 heterocycles. The van der Waals surface area contributed by atoms with Crippen molar-refractivity contribution in [2.45, 2.75) is 6.42 Å². The van der Waals surface area contributed by atoms with Gasteiger partial charge in [-0.3, -0.25) is 4.79 Å². The molecule has 2 aromatic carbocycles. The molecule has 6 heteroatoms. The lowest BCUT2D eigenvalue weighted by atomic mass is 10.0. The van der Waals surface area contributed by atoms with Crippen molar-refractivity contribution in [3.05, 3.63) is 54.2 Å². The van der Waals surface area contributed by atoms with E-state index in [1.165, 1.54) is 12.1 Å². The van der Waals surface area contributed by atoms with Gasteiger partial charge in [0, 0.05) is 22.7 Å². The van der Waals surface area contributed by atoms with E-state index in [0.29, 0.717) is 5.82 Å². The molecule has 0 spiro atoms. The summed E-state index contributed by atoms with van der Waals surface area (Å²) in [6, 6.07) is 10.5. The van der Waals surface area contributed by atoms with Crippen LogP contribution in [-0.2, 0) is 11.2 Å². The number of halogens is 1. The second-order valence-electron chi connectivity index (χ2n) is 5.45. The molecule has 23 heavy (non-hydrogen) atoms. The second kappa shape index (κ2) is 4.95. The van der Waals surface area contributed by atoms with Crippen LogP contribution < -0.4 is 5.73 Å². The largest absolute Gasteiger partial charge is 0.369 e. The molecular weight excluding hydrogens is 295 g/mol. The smallest absolute Gasteiger partial charge is 0.225 e. The highest BCUT2D eigenvalue weighted by Crippen LogP contribution is 2.30. The van der Waals surface area contributed by atoms with E-state index in [-0.39, 0.29) is 12.2 Å². The average molecular weight is 308 g/mol. The van der Waals surface area contributed by atoms with E-state index < -0.39 is 5.91 Å². The zero-order chi connectivity index (χ0) is 16.0. The lowest BCUT2D eigenvalue weighted by molar-refractivity contribution is -0.117. The molecule has 0 unspecified atom stereocenters. The summed E-state index contributed by atoms with van der Waals surface area (Å²) in [6.07, 6.45) is 1.93. The van der Waals surface area contributed by atoms with Crippen LogP contribution >= 0.6 is 0 Å². The van der Waals surface area contributed by atoms with Crippen molar-refractivity contribution in [3.8, 4) is 11.1 Å². The molecule has 4 aromatic rings.